The van der Waals surface area contributed by atoms with Crippen LogP contribution in [0.3, 0.4) is 0 Å². The van der Waals surface area contributed by atoms with Crippen LogP contribution >= 0.6 is 0 Å². The van der Waals surface area contributed by atoms with E-state index in [1.807, 2.05) is 13.0 Å². The molecule has 2 heterocycles. The highest BCUT2D eigenvalue weighted by molar-refractivity contribution is 5.78. The molecule has 2 aromatic rings. The monoisotopic (exact) mass is 386 g/mol. The SMILES string of the molecule is COC1CCCC(C(=O)NCCc2nc(C(C)C)ncc2-c2cc(C)no2)C1. The maximum absolute atomic E-state index is 12.6. The number of amides is 1. The van der Waals surface area contributed by atoms with Crippen LogP contribution in [0.2, 0.25) is 0 Å². The lowest BCUT2D eigenvalue weighted by molar-refractivity contribution is -0.127. The van der Waals surface area contributed by atoms with Crippen molar-refractivity contribution in [3.8, 4) is 11.3 Å². The van der Waals surface area contributed by atoms with Gasteiger partial charge >= 0.3 is 0 Å². The molecular weight excluding hydrogens is 356 g/mol. The van der Waals surface area contributed by atoms with Crippen LogP contribution in [0.25, 0.3) is 11.3 Å². The minimum atomic E-state index is 0.0340. The van der Waals surface area contributed by atoms with Gasteiger partial charge in [-0.1, -0.05) is 25.4 Å². The highest BCUT2D eigenvalue weighted by Gasteiger charge is 2.27. The first-order valence-electron chi connectivity index (χ1n) is 10.1. The molecule has 2 aromatic heterocycles. The summed E-state index contributed by atoms with van der Waals surface area (Å²) in [7, 11) is 1.72. The number of carbonyl (C=O) groups excluding carboxylic acids is 1. The molecule has 28 heavy (non-hydrogen) atoms. The second-order valence-corrected chi connectivity index (χ2v) is 7.84. The first kappa shape index (κ1) is 20.5. The van der Waals surface area contributed by atoms with E-state index in [9.17, 15) is 4.79 Å². The van der Waals surface area contributed by atoms with Crippen LogP contribution in [0.15, 0.2) is 16.8 Å². The predicted molar refractivity (Wildman–Crippen MR) is 106 cm³/mol. The fourth-order valence-electron chi connectivity index (χ4n) is 3.64. The van der Waals surface area contributed by atoms with E-state index in [2.05, 4.69) is 29.3 Å². The molecule has 0 bridgehead atoms. The van der Waals surface area contributed by atoms with Gasteiger partial charge in [-0.3, -0.25) is 4.79 Å². The average Bonchev–Trinajstić information content (AvgIpc) is 3.13. The molecule has 1 saturated carbocycles. The molecule has 3 rings (SSSR count). The third-order valence-electron chi connectivity index (χ3n) is 5.29. The number of aryl methyl sites for hydroxylation is 1. The Kier molecular flexibility index (Phi) is 6.78. The lowest BCUT2D eigenvalue weighted by Crippen LogP contribution is -2.36. The Hall–Kier alpha value is -2.28. The summed E-state index contributed by atoms with van der Waals surface area (Å²) in [6.07, 6.45) is 6.41. The largest absolute Gasteiger partial charge is 0.381 e. The van der Waals surface area contributed by atoms with Crippen LogP contribution < -0.4 is 5.32 Å². The molecule has 1 aliphatic rings. The summed E-state index contributed by atoms with van der Waals surface area (Å²) < 4.78 is 10.8. The number of aromatic nitrogens is 3. The molecular formula is C21H30N4O3. The lowest BCUT2D eigenvalue weighted by Gasteiger charge is -2.27. The molecule has 7 heteroatoms. The molecule has 0 saturated heterocycles. The van der Waals surface area contributed by atoms with Crippen molar-refractivity contribution in [3.05, 3.63) is 29.5 Å². The van der Waals surface area contributed by atoms with Gasteiger partial charge in [-0.05, 0) is 26.2 Å². The zero-order valence-electron chi connectivity index (χ0n) is 17.2. The van der Waals surface area contributed by atoms with Gasteiger partial charge in [0.1, 0.15) is 5.82 Å². The normalized spacial score (nSPS) is 19.8. The zero-order chi connectivity index (χ0) is 20.1. The van der Waals surface area contributed by atoms with E-state index < -0.39 is 0 Å². The minimum Gasteiger partial charge on any atom is -0.381 e. The molecule has 7 nitrogen and oxygen atoms in total. The summed E-state index contributed by atoms with van der Waals surface area (Å²) in [5.41, 5.74) is 2.51. The molecule has 1 amide bonds. The van der Waals surface area contributed by atoms with Gasteiger partial charge in [0, 0.05) is 44.2 Å². The average molecular weight is 386 g/mol. The third kappa shape index (κ3) is 4.95. The van der Waals surface area contributed by atoms with Crippen molar-refractivity contribution in [2.45, 2.75) is 64.9 Å². The number of hydrogen-bond donors (Lipinski definition) is 1. The van der Waals surface area contributed by atoms with E-state index in [4.69, 9.17) is 14.2 Å². The Morgan fingerprint density at radius 1 is 1.39 bits per heavy atom. The van der Waals surface area contributed by atoms with Gasteiger partial charge in [-0.25, -0.2) is 9.97 Å². The summed E-state index contributed by atoms with van der Waals surface area (Å²) in [4.78, 5) is 21.7. The molecule has 0 aliphatic heterocycles. The van der Waals surface area contributed by atoms with Crippen LogP contribution in [0.5, 0.6) is 0 Å². The molecule has 1 N–H and O–H groups in total. The Bertz CT molecular complexity index is 803. The maximum atomic E-state index is 12.6. The molecule has 0 spiro atoms. The first-order valence-corrected chi connectivity index (χ1v) is 10.1. The third-order valence-corrected chi connectivity index (χ3v) is 5.29. The number of nitrogens with zero attached hydrogens (tertiary/aromatic N) is 3. The molecule has 1 aliphatic carbocycles. The van der Waals surface area contributed by atoms with E-state index in [1.165, 1.54) is 0 Å². The van der Waals surface area contributed by atoms with Crippen molar-refractivity contribution in [2.75, 3.05) is 13.7 Å². The van der Waals surface area contributed by atoms with Gasteiger partial charge < -0.3 is 14.6 Å². The van der Waals surface area contributed by atoms with Gasteiger partial charge in [0.05, 0.1) is 23.1 Å². The molecule has 2 atom stereocenters. The van der Waals surface area contributed by atoms with Crippen molar-refractivity contribution in [2.24, 2.45) is 5.92 Å². The Morgan fingerprint density at radius 3 is 2.89 bits per heavy atom. The molecule has 152 valence electrons. The van der Waals surface area contributed by atoms with Crippen LogP contribution in [0.4, 0.5) is 0 Å². The second kappa shape index (κ2) is 9.28. The van der Waals surface area contributed by atoms with Gasteiger partial charge in [-0.15, -0.1) is 0 Å². The smallest absolute Gasteiger partial charge is 0.223 e. The Balaban J connectivity index is 1.67. The predicted octanol–water partition coefficient (Wildman–Crippen LogP) is 3.43. The Labute approximate surface area is 166 Å². The summed E-state index contributed by atoms with van der Waals surface area (Å²) in [5, 5.41) is 7.04. The number of methoxy groups -OCH3 is 1. The van der Waals surface area contributed by atoms with Crippen molar-refractivity contribution in [3.63, 3.8) is 0 Å². The van der Waals surface area contributed by atoms with Crippen molar-refractivity contribution < 1.29 is 14.1 Å². The summed E-state index contributed by atoms with van der Waals surface area (Å²) in [5.74, 6) is 1.82. The zero-order valence-corrected chi connectivity index (χ0v) is 17.2. The van der Waals surface area contributed by atoms with E-state index in [0.29, 0.717) is 18.7 Å². The van der Waals surface area contributed by atoms with Crippen molar-refractivity contribution >= 4 is 5.91 Å². The molecule has 0 radical (unpaired) electrons. The van der Waals surface area contributed by atoms with E-state index in [0.717, 1.165) is 48.5 Å². The fraction of sp³-hybridized carbons (Fsp3) is 0.619. The van der Waals surface area contributed by atoms with Crippen molar-refractivity contribution in [1.29, 1.82) is 0 Å². The van der Waals surface area contributed by atoms with Crippen LogP contribution in [0, 0.1) is 12.8 Å². The van der Waals surface area contributed by atoms with Gasteiger partial charge in [0.15, 0.2) is 5.76 Å². The van der Waals surface area contributed by atoms with Gasteiger partial charge in [-0.2, -0.15) is 0 Å². The number of rotatable bonds is 7. The van der Waals surface area contributed by atoms with E-state index in [-0.39, 0.29) is 23.8 Å². The van der Waals surface area contributed by atoms with Crippen LogP contribution in [0.1, 0.15) is 62.7 Å². The topological polar surface area (TPSA) is 90.1 Å². The fourth-order valence-corrected chi connectivity index (χ4v) is 3.64. The Morgan fingerprint density at radius 2 is 2.21 bits per heavy atom. The highest BCUT2D eigenvalue weighted by Crippen LogP contribution is 2.27. The highest BCUT2D eigenvalue weighted by atomic mass is 16.5. The first-order chi connectivity index (χ1) is 13.5. The summed E-state index contributed by atoms with van der Waals surface area (Å²) in [6.45, 7) is 6.54. The van der Waals surface area contributed by atoms with Crippen molar-refractivity contribution in [1.82, 2.24) is 20.4 Å². The van der Waals surface area contributed by atoms with Crippen LogP contribution in [-0.2, 0) is 16.0 Å². The number of nitrogens with one attached hydrogen (secondary N) is 1. The van der Waals surface area contributed by atoms with E-state index >= 15 is 0 Å². The quantitative estimate of drug-likeness (QED) is 0.784. The number of carbonyl (C=O) groups is 1. The van der Waals surface area contributed by atoms with Gasteiger partial charge in [0.2, 0.25) is 5.91 Å². The number of hydrogen-bond acceptors (Lipinski definition) is 6. The molecule has 0 aromatic carbocycles. The van der Waals surface area contributed by atoms with Gasteiger partial charge in [0.25, 0.3) is 0 Å². The standard InChI is InChI=1S/C21H30N4O3/c1-13(2)20-23-12-17(19-10-14(3)25-28-19)18(24-20)8-9-22-21(26)15-6-5-7-16(11-15)27-4/h10,12-13,15-16H,5-9,11H2,1-4H3,(H,22,26). The summed E-state index contributed by atoms with van der Waals surface area (Å²) in [6, 6.07) is 1.88. The lowest BCUT2D eigenvalue weighted by atomic mass is 9.86. The van der Waals surface area contributed by atoms with E-state index in [1.54, 1.807) is 13.3 Å². The molecule has 1 fully saturated rings. The van der Waals surface area contributed by atoms with Crippen LogP contribution in [-0.4, -0.2) is 40.8 Å². The maximum Gasteiger partial charge on any atom is 0.223 e. The molecule has 2 unspecified atom stereocenters. The minimum absolute atomic E-state index is 0.0340. The number of ether oxygens (including phenoxy) is 1. The summed E-state index contributed by atoms with van der Waals surface area (Å²) >= 11 is 0. The second-order valence-electron chi connectivity index (χ2n) is 7.84.